The number of carbonyl (C=O) groups is 2. The van der Waals surface area contributed by atoms with E-state index in [1.807, 2.05) is 0 Å². The lowest BCUT2D eigenvalue weighted by Crippen LogP contribution is -2.31. The number of carboxylic acid groups (broad SMARTS) is 1. The van der Waals surface area contributed by atoms with Crippen molar-refractivity contribution < 1.29 is 24.2 Å². The molecule has 2 aromatic carbocycles. The van der Waals surface area contributed by atoms with Gasteiger partial charge in [-0.1, -0.05) is 24.3 Å². The number of hydrogen-bond donors (Lipinski definition) is 3. The Balaban J connectivity index is 0.00000243. The molecule has 0 unspecified atom stereocenters. The van der Waals surface area contributed by atoms with Crippen molar-refractivity contribution in [2.75, 3.05) is 18.0 Å². The van der Waals surface area contributed by atoms with Crippen molar-refractivity contribution >= 4 is 51.7 Å². The molecule has 3 rings (SSSR count). The van der Waals surface area contributed by atoms with Gasteiger partial charge in [0.2, 0.25) is 0 Å². The van der Waals surface area contributed by atoms with Crippen molar-refractivity contribution in [2.45, 2.75) is 13.3 Å². The van der Waals surface area contributed by atoms with Crippen LogP contribution in [-0.4, -0.2) is 35.2 Å². The molecule has 0 spiro atoms. The topological polar surface area (TPSA) is 117 Å². The number of hydrogen-bond acceptors (Lipinski definition) is 5. The van der Waals surface area contributed by atoms with E-state index < -0.39 is 6.09 Å². The molecule has 1 amide bonds. The van der Waals surface area contributed by atoms with Gasteiger partial charge in [-0.05, 0) is 19.0 Å². The first-order chi connectivity index (χ1) is 12.0. The number of furan rings is 1. The van der Waals surface area contributed by atoms with Crippen molar-refractivity contribution in [1.29, 1.82) is 0 Å². The first kappa shape index (κ1) is 19.6. The molecular formula is C18H19ClN2O5. The molecule has 1 aromatic heterocycles. The number of benzene rings is 2. The molecule has 0 aliphatic carbocycles. The second-order valence-corrected chi connectivity index (χ2v) is 5.73. The van der Waals surface area contributed by atoms with E-state index in [1.54, 1.807) is 24.3 Å². The van der Waals surface area contributed by atoms with E-state index in [2.05, 4.69) is 0 Å². The Kier molecular flexibility index (Phi) is 5.74. The highest BCUT2D eigenvalue weighted by Crippen LogP contribution is 2.43. The highest BCUT2D eigenvalue weighted by Gasteiger charge is 2.25. The summed E-state index contributed by atoms with van der Waals surface area (Å²) < 4.78 is 5.61. The number of nitrogens with zero attached hydrogens (tertiary/aromatic N) is 1. The summed E-state index contributed by atoms with van der Waals surface area (Å²) in [6, 6.07) is 8.32. The van der Waals surface area contributed by atoms with Crippen LogP contribution < -0.4 is 10.6 Å². The van der Waals surface area contributed by atoms with Gasteiger partial charge in [0.05, 0.1) is 11.1 Å². The van der Waals surface area contributed by atoms with E-state index in [1.165, 1.54) is 13.0 Å². The van der Waals surface area contributed by atoms with Crippen molar-refractivity contribution in [3.8, 4) is 5.75 Å². The number of phenols is 1. The Hall–Kier alpha value is -2.77. The largest absolute Gasteiger partial charge is 0.507 e. The van der Waals surface area contributed by atoms with Crippen LogP contribution in [0.3, 0.4) is 0 Å². The van der Waals surface area contributed by atoms with Crippen molar-refractivity contribution in [2.24, 2.45) is 5.73 Å². The number of rotatable bonds is 5. The molecule has 4 N–H and O–H groups in total. The third kappa shape index (κ3) is 3.18. The summed E-state index contributed by atoms with van der Waals surface area (Å²) in [5.74, 6) is -0.296. The number of Topliss-reactive ketones (excluding diaryl/α,β-unsaturated/α-hetero) is 1. The Morgan fingerprint density at radius 1 is 1.19 bits per heavy atom. The summed E-state index contributed by atoms with van der Waals surface area (Å²) in [6.07, 6.45) is -0.699. The zero-order chi connectivity index (χ0) is 18.1. The molecule has 8 heteroatoms. The van der Waals surface area contributed by atoms with Gasteiger partial charge in [0.25, 0.3) is 0 Å². The van der Waals surface area contributed by atoms with Crippen LogP contribution >= 0.6 is 12.4 Å². The van der Waals surface area contributed by atoms with Crippen molar-refractivity contribution in [3.63, 3.8) is 0 Å². The summed E-state index contributed by atoms with van der Waals surface area (Å²) in [7, 11) is 0. The smallest absolute Gasteiger partial charge is 0.411 e. The van der Waals surface area contributed by atoms with Crippen LogP contribution in [0.5, 0.6) is 5.75 Å². The molecule has 1 heterocycles. The Labute approximate surface area is 155 Å². The number of carbonyl (C=O) groups excluding carboxylic acids is 1. The monoisotopic (exact) mass is 378 g/mol. The van der Waals surface area contributed by atoms with Crippen LogP contribution in [0.2, 0.25) is 0 Å². The third-order valence-electron chi connectivity index (χ3n) is 4.07. The minimum Gasteiger partial charge on any atom is -0.507 e. The maximum Gasteiger partial charge on any atom is 0.411 e. The molecule has 0 saturated carbocycles. The molecule has 0 radical (unpaired) electrons. The van der Waals surface area contributed by atoms with E-state index in [4.69, 9.17) is 10.2 Å². The average molecular weight is 379 g/mol. The van der Waals surface area contributed by atoms with Crippen LogP contribution in [0.4, 0.5) is 10.5 Å². The Morgan fingerprint density at radius 3 is 2.42 bits per heavy atom. The SMILES string of the molecule is CC(=O)c1cc2c(O)c3ccccc3c(N(CCCN)C(=O)O)c2o1.Cl. The third-order valence-corrected chi connectivity index (χ3v) is 4.07. The number of anilines is 1. The molecule has 0 aliphatic heterocycles. The van der Waals surface area contributed by atoms with Gasteiger partial charge in [-0.25, -0.2) is 4.79 Å². The van der Waals surface area contributed by atoms with E-state index in [9.17, 15) is 19.8 Å². The maximum absolute atomic E-state index is 11.8. The molecule has 26 heavy (non-hydrogen) atoms. The van der Waals surface area contributed by atoms with Crippen LogP contribution in [0.15, 0.2) is 34.7 Å². The lowest BCUT2D eigenvalue weighted by Gasteiger charge is -2.21. The molecule has 0 atom stereocenters. The van der Waals surface area contributed by atoms with E-state index in [0.717, 1.165) is 4.90 Å². The van der Waals surface area contributed by atoms with Gasteiger partial charge in [-0.15, -0.1) is 12.4 Å². The van der Waals surface area contributed by atoms with E-state index >= 15 is 0 Å². The maximum atomic E-state index is 11.8. The molecule has 138 valence electrons. The normalized spacial score (nSPS) is 10.7. The fourth-order valence-corrected chi connectivity index (χ4v) is 2.90. The van der Waals surface area contributed by atoms with Crippen LogP contribution in [-0.2, 0) is 0 Å². The molecule has 0 saturated heterocycles. The highest BCUT2D eigenvalue weighted by molar-refractivity contribution is 6.18. The molecule has 0 fully saturated rings. The van der Waals surface area contributed by atoms with Crippen LogP contribution in [0, 0.1) is 0 Å². The number of halogens is 1. The van der Waals surface area contributed by atoms with Gasteiger partial charge in [-0.3, -0.25) is 9.69 Å². The first-order valence-corrected chi connectivity index (χ1v) is 7.84. The van der Waals surface area contributed by atoms with E-state index in [-0.39, 0.29) is 41.8 Å². The first-order valence-electron chi connectivity index (χ1n) is 7.84. The quantitative estimate of drug-likeness (QED) is 0.582. The van der Waals surface area contributed by atoms with Crippen molar-refractivity contribution in [1.82, 2.24) is 0 Å². The van der Waals surface area contributed by atoms with Gasteiger partial charge >= 0.3 is 6.09 Å². The number of fused-ring (bicyclic) bond motifs is 2. The number of amides is 1. The fourth-order valence-electron chi connectivity index (χ4n) is 2.90. The highest BCUT2D eigenvalue weighted by atomic mass is 35.5. The molecule has 3 aromatic rings. The molecular weight excluding hydrogens is 360 g/mol. The van der Waals surface area contributed by atoms with Gasteiger partial charge in [0.15, 0.2) is 17.1 Å². The standard InChI is InChI=1S/C18H18N2O5.ClH/c1-10(21)14-9-13-16(22)12-6-3-2-5-11(12)15(17(13)25-14)20(18(23)24)8-4-7-19;/h2-3,5-6,9,22H,4,7-8,19H2,1H3,(H,23,24);1H. The minimum atomic E-state index is -1.16. The summed E-state index contributed by atoms with van der Waals surface area (Å²) in [6.45, 7) is 1.85. The summed E-state index contributed by atoms with van der Waals surface area (Å²) in [4.78, 5) is 24.7. The lowest BCUT2D eigenvalue weighted by atomic mass is 10.0. The number of nitrogens with two attached hydrogens (primary N) is 1. The Morgan fingerprint density at radius 2 is 1.85 bits per heavy atom. The fraction of sp³-hybridized carbons (Fsp3) is 0.222. The predicted molar refractivity (Wildman–Crippen MR) is 102 cm³/mol. The molecule has 0 bridgehead atoms. The van der Waals surface area contributed by atoms with Crippen LogP contribution in [0.25, 0.3) is 21.7 Å². The Bertz CT molecular complexity index is 983. The second kappa shape index (κ2) is 7.63. The van der Waals surface area contributed by atoms with Gasteiger partial charge < -0.3 is 20.4 Å². The zero-order valence-electron chi connectivity index (χ0n) is 14.1. The number of ketones is 1. The molecule has 0 aliphatic rings. The minimum absolute atomic E-state index is 0. The lowest BCUT2D eigenvalue weighted by molar-refractivity contribution is 0.0989. The second-order valence-electron chi connectivity index (χ2n) is 5.73. The van der Waals surface area contributed by atoms with Gasteiger partial charge in [0, 0.05) is 24.2 Å². The van der Waals surface area contributed by atoms with Gasteiger partial charge in [-0.2, -0.15) is 0 Å². The van der Waals surface area contributed by atoms with E-state index in [0.29, 0.717) is 34.8 Å². The zero-order valence-corrected chi connectivity index (χ0v) is 14.9. The summed E-state index contributed by atoms with van der Waals surface area (Å²) in [5.41, 5.74) is 5.99. The average Bonchev–Trinajstić information content (AvgIpc) is 3.03. The summed E-state index contributed by atoms with van der Waals surface area (Å²) >= 11 is 0. The van der Waals surface area contributed by atoms with Gasteiger partial charge in [0.1, 0.15) is 5.75 Å². The van der Waals surface area contributed by atoms with Crippen molar-refractivity contribution in [3.05, 3.63) is 36.1 Å². The molecule has 7 nitrogen and oxygen atoms in total. The predicted octanol–water partition coefficient (Wildman–Crippen LogP) is 3.75. The number of aromatic hydroxyl groups is 1. The number of phenolic OH excluding ortho intramolecular Hbond substituents is 1. The summed E-state index contributed by atoms with van der Waals surface area (Å²) in [5, 5.41) is 21.6. The van der Waals surface area contributed by atoms with Crippen LogP contribution in [0.1, 0.15) is 23.9 Å².